The SMILES string of the molecule is Cc1ccc(OCc2nc(CC(=O)NC(C)CCc3ccc(OC(C)C)cc3)cs2)cc1. The van der Waals surface area contributed by atoms with Gasteiger partial charge in [0.15, 0.2) is 0 Å². The van der Waals surface area contributed by atoms with Gasteiger partial charge in [-0.05, 0) is 70.4 Å². The summed E-state index contributed by atoms with van der Waals surface area (Å²) >= 11 is 1.52. The van der Waals surface area contributed by atoms with Crippen molar-refractivity contribution < 1.29 is 14.3 Å². The van der Waals surface area contributed by atoms with Gasteiger partial charge in [0.2, 0.25) is 5.91 Å². The fourth-order valence-electron chi connectivity index (χ4n) is 3.23. The summed E-state index contributed by atoms with van der Waals surface area (Å²) < 4.78 is 11.4. The molecule has 0 spiro atoms. The molecule has 5 nitrogen and oxygen atoms in total. The first-order chi connectivity index (χ1) is 15.4. The second kappa shape index (κ2) is 11.7. The lowest BCUT2D eigenvalue weighted by molar-refractivity contribution is -0.121. The van der Waals surface area contributed by atoms with E-state index >= 15 is 0 Å². The summed E-state index contributed by atoms with van der Waals surface area (Å²) in [6.45, 7) is 8.53. The number of hydrogen-bond acceptors (Lipinski definition) is 5. The molecule has 3 aromatic rings. The van der Waals surface area contributed by atoms with Gasteiger partial charge in [0, 0.05) is 11.4 Å². The molecule has 1 heterocycles. The molecule has 1 unspecified atom stereocenters. The largest absolute Gasteiger partial charge is 0.491 e. The molecule has 3 rings (SSSR count). The predicted octanol–water partition coefficient (Wildman–Crippen LogP) is 5.50. The zero-order chi connectivity index (χ0) is 22.9. The number of nitrogens with one attached hydrogen (secondary N) is 1. The molecule has 1 aromatic heterocycles. The van der Waals surface area contributed by atoms with Gasteiger partial charge in [-0.3, -0.25) is 4.79 Å². The minimum absolute atomic E-state index is 0.00511. The standard InChI is InChI=1S/C26H32N2O3S/c1-18(2)31-24-13-9-21(10-14-24)8-7-20(4)27-25(29)15-22-17-32-26(28-22)16-30-23-11-5-19(3)6-12-23/h5-6,9-14,17-18,20H,7-8,15-16H2,1-4H3,(H,27,29). The van der Waals surface area contributed by atoms with E-state index < -0.39 is 0 Å². The Kier molecular flexibility index (Phi) is 8.68. The van der Waals surface area contributed by atoms with E-state index in [2.05, 4.69) is 22.4 Å². The molecule has 170 valence electrons. The van der Waals surface area contributed by atoms with E-state index in [0.717, 1.165) is 35.0 Å². The van der Waals surface area contributed by atoms with Gasteiger partial charge in [-0.2, -0.15) is 0 Å². The summed E-state index contributed by atoms with van der Waals surface area (Å²) in [5.41, 5.74) is 3.21. The maximum Gasteiger partial charge on any atom is 0.226 e. The van der Waals surface area contributed by atoms with Crippen molar-refractivity contribution in [2.45, 2.75) is 65.7 Å². The van der Waals surface area contributed by atoms with Gasteiger partial charge in [0.05, 0.1) is 18.2 Å². The van der Waals surface area contributed by atoms with Crippen molar-refractivity contribution in [3.63, 3.8) is 0 Å². The molecule has 0 radical (unpaired) electrons. The molecule has 0 aliphatic rings. The lowest BCUT2D eigenvalue weighted by Crippen LogP contribution is -2.34. The van der Waals surface area contributed by atoms with Crippen LogP contribution in [0, 0.1) is 6.92 Å². The van der Waals surface area contributed by atoms with E-state index in [9.17, 15) is 4.79 Å². The summed E-state index contributed by atoms with van der Waals surface area (Å²) in [6.07, 6.45) is 2.24. The Morgan fingerprint density at radius 3 is 2.41 bits per heavy atom. The van der Waals surface area contributed by atoms with Crippen molar-refractivity contribution in [2.24, 2.45) is 0 Å². The van der Waals surface area contributed by atoms with E-state index in [0.29, 0.717) is 6.61 Å². The van der Waals surface area contributed by atoms with Crippen LogP contribution >= 0.6 is 11.3 Å². The van der Waals surface area contributed by atoms with Gasteiger partial charge in [-0.1, -0.05) is 29.8 Å². The summed E-state index contributed by atoms with van der Waals surface area (Å²) in [6, 6.07) is 16.2. The molecule has 0 saturated heterocycles. The number of aromatic nitrogens is 1. The van der Waals surface area contributed by atoms with E-state index in [1.165, 1.54) is 22.5 Å². The Hall–Kier alpha value is -2.86. The maximum absolute atomic E-state index is 12.4. The highest BCUT2D eigenvalue weighted by atomic mass is 32.1. The van der Waals surface area contributed by atoms with Crippen LogP contribution in [-0.2, 0) is 24.2 Å². The highest BCUT2D eigenvalue weighted by Crippen LogP contribution is 2.17. The van der Waals surface area contributed by atoms with E-state index in [1.807, 2.05) is 69.5 Å². The Morgan fingerprint density at radius 2 is 1.72 bits per heavy atom. The normalized spacial score (nSPS) is 11.9. The third kappa shape index (κ3) is 8.00. The number of nitrogens with zero attached hydrogens (tertiary/aromatic N) is 1. The molecule has 2 aromatic carbocycles. The molecule has 0 fully saturated rings. The molecule has 0 aliphatic carbocycles. The van der Waals surface area contributed by atoms with Crippen LogP contribution < -0.4 is 14.8 Å². The Labute approximate surface area is 194 Å². The lowest BCUT2D eigenvalue weighted by Gasteiger charge is -2.14. The number of carbonyl (C=O) groups is 1. The quantitative estimate of drug-likeness (QED) is 0.417. The Balaban J connectivity index is 1.38. The van der Waals surface area contributed by atoms with Crippen LogP contribution in [0.4, 0.5) is 0 Å². The van der Waals surface area contributed by atoms with E-state index in [1.54, 1.807) is 0 Å². The molecule has 1 amide bonds. The van der Waals surface area contributed by atoms with Gasteiger partial charge in [-0.25, -0.2) is 4.98 Å². The van der Waals surface area contributed by atoms with Crippen LogP contribution in [0.5, 0.6) is 11.5 Å². The van der Waals surface area contributed by atoms with Gasteiger partial charge in [-0.15, -0.1) is 11.3 Å². The van der Waals surface area contributed by atoms with Crippen LogP contribution in [-0.4, -0.2) is 23.0 Å². The number of thiazole rings is 1. The highest BCUT2D eigenvalue weighted by Gasteiger charge is 2.11. The van der Waals surface area contributed by atoms with Crippen molar-refractivity contribution in [1.29, 1.82) is 0 Å². The maximum atomic E-state index is 12.4. The first-order valence-corrected chi connectivity index (χ1v) is 11.9. The molecule has 6 heteroatoms. The average Bonchev–Trinajstić information content (AvgIpc) is 3.19. The van der Waals surface area contributed by atoms with Crippen LogP contribution in [0.3, 0.4) is 0 Å². The van der Waals surface area contributed by atoms with Gasteiger partial charge < -0.3 is 14.8 Å². The molecule has 1 atom stereocenters. The van der Waals surface area contributed by atoms with Crippen molar-refractivity contribution in [2.75, 3.05) is 0 Å². The summed E-state index contributed by atoms with van der Waals surface area (Å²) in [7, 11) is 0. The van der Waals surface area contributed by atoms with Crippen molar-refractivity contribution in [3.8, 4) is 11.5 Å². The smallest absolute Gasteiger partial charge is 0.226 e. The van der Waals surface area contributed by atoms with E-state index in [-0.39, 0.29) is 24.5 Å². The lowest BCUT2D eigenvalue weighted by atomic mass is 10.1. The fourth-order valence-corrected chi connectivity index (χ4v) is 3.93. The van der Waals surface area contributed by atoms with Gasteiger partial charge in [0.1, 0.15) is 23.1 Å². The number of benzene rings is 2. The number of ether oxygens (including phenoxy) is 2. The van der Waals surface area contributed by atoms with Crippen LogP contribution in [0.15, 0.2) is 53.9 Å². The molecule has 0 bridgehead atoms. The number of amides is 1. The number of hydrogen-bond donors (Lipinski definition) is 1. The summed E-state index contributed by atoms with van der Waals surface area (Å²) in [5, 5.41) is 5.87. The minimum atomic E-state index is -0.00511. The number of aryl methyl sites for hydroxylation is 2. The monoisotopic (exact) mass is 452 g/mol. The molecule has 1 N–H and O–H groups in total. The molecule has 0 aliphatic heterocycles. The summed E-state index contributed by atoms with van der Waals surface area (Å²) in [5.74, 6) is 1.70. The zero-order valence-electron chi connectivity index (χ0n) is 19.3. The first-order valence-electron chi connectivity index (χ1n) is 11.0. The van der Waals surface area contributed by atoms with Crippen molar-refractivity contribution in [1.82, 2.24) is 10.3 Å². The molecular weight excluding hydrogens is 420 g/mol. The van der Waals surface area contributed by atoms with Crippen molar-refractivity contribution in [3.05, 3.63) is 75.7 Å². The van der Waals surface area contributed by atoms with Gasteiger partial charge in [0.25, 0.3) is 0 Å². The number of carbonyl (C=O) groups excluding carboxylic acids is 1. The zero-order valence-corrected chi connectivity index (χ0v) is 20.1. The topological polar surface area (TPSA) is 60.5 Å². The highest BCUT2D eigenvalue weighted by molar-refractivity contribution is 7.09. The van der Waals surface area contributed by atoms with Crippen LogP contribution in [0.1, 0.15) is 49.0 Å². The minimum Gasteiger partial charge on any atom is -0.491 e. The van der Waals surface area contributed by atoms with E-state index in [4.69, 9.17) is 9.47 Å². The average molecular weight is 453 g/mol. The second-order valence-corrected chi connectivity index (χ2v) is 9.27. The third-order valence-corrected chi connectivity index (χ3v) is 5.76. The first kappa shape index (κ1) is 23.8. The molecule has 0 saturated carbocycles. The Morgan fingerprint density at radius 1 is 1.03 bits per heavy atom. The summed E-state index contributed by atoms with van der Waals surface area (Å²) in [4.78, 5) is 16.9. The Bertz CT molecular complexity index is 981. The van der Waals surface area contributed by atoms with Crippen molar-refractivity contribution >= 4 is 17.2 Å². The number of rotatable bonds is 11. The molecular formula is C26H32N2O3S. The predicted molar refractivity (Wildman–Crippen MR) is 129 cm³/mol. The second-order valence-electron chi connectivity index (χ2n) is 8.33. The third-order valence-electron chi connectivity index (χ3n) is 4.89. The van der Waals surface area contributed by atoms with Crippen LogP contribution in [0.2, 0.25) is 0 Å². The van der Waals surface area contributed by atoms with Crippen LogP contribution in [0.25, 0.3) is 0 Å². The fraction of sp³-hybridized carbons (Fsp3) is 0.385. The molecule has 32 heavy (non-hydrogen) atoms. The van der Waals surface area contributed by atoms with Gasteiger partial charge >= 0.3 is 0 Å².